The van der Waals surface area contributed by atoms with Gasteiger partial charge in [-0.25, -0.2) is 38.1 Å². The van der Waals surface area contributed by atoms with Gasteiger partial charge in [0.15, 0.2) is 11.5 Å². The third-order valence-electron chi connectivity index (χ3n) is 11.2. The van der Waals surface area contributed by atoms with E-state index in [1.807, 2.05) is 13.0 Å². The lowest BCUT2D eigenvalue weighted by Crippen LogP contribution is -2.36. The van der Waals surface area contributed by atoms with Gasteiger partial charge in [-0.15, -0.1) is 0 Å². The Kier molecular flexibility index (Phi) is 11.6. The summed E-state index contributed by atoms with van der Waals surface area (Å²) in [7, 11) is 0. The lowest BCUT2D eigenvalue weighted by Gasteiger charge is -2.31. The zero-order valence-corrected chi connectivity index (χ0v) is 32.3. The van der Waals surface area contributed by atoms with Gasteiger partial charge in [0, 0.05) is 35.6 Å². The minimum absolute atomic E-state index is 0.131. The minimum atomic E-state index is -0.358. The molecule has 12 nitrogen and oxygen atoms in total. The monoisotopic (exact) mass is 774 g/mol. The van der Waals surface area contributed by atoms with E-state index in [2.05, 4.69) is 32.4 Å². The van der Waals surface area contributed by atoms with Crippen molar-refractivity contribution in [1.29, 1.82) is 0 Å². The van der Waals surface area contributed by atoms with Crippen LogP contribution < -0.4 is 20.5 Å². The molecule has 0 bridgehead atoms. The maximum atomic E-state index is 14.9. The van der Waals surface area contributed by atoms with E-state index in [9.17, 15) is 8.78 Å². The molecule has 0 saturated heterocycles. The molecule has 2 fully saturated rings. The summed E-state index contributed by atoms with van der Waals surface area (Å²) in [5, 5.41) is 12.7. The fourth-order valence-corrected chi connectivity index (χ4v) is 7.93. The number of hydrogen-bond acceptors (Lipinski definition) is 10. The van der Waals surface area contributed by atoms with E-state index in [1.54, 1.807) is 66.1 Å². The van der Waals surface area contributed by atoms with Crippen LogP contribution in [0.25, 0.3) is 33.9 Å². The highest BCUT2D eigenvalue weighted by Crippen LogP contribution is 2.34. The molecule has 8 rings (SSSR count). The molecule has 6 aromatic rings. The molecule has 2 saturated carbocycles. The van der Waals surface area contributed by atoms with Crippen LogP contribution in [-0.2, 0) is 0 Å². The van der Waals surface area contributed by atoms with Gasteiger partial charge in [0.1, 0.15) is 46.5 Å². The van der Waals surface area contributed by atoms with Crippen LogP contribution >= 0.6 is 0 Å². The second-order valence-corrected chi connectivity index (χ2v) is 15.4. The summed E-state index contributed by atoms with van der Waals surface area (Å²) in [5.74, 6) is 1.88. The van der Waals surface area contributed by atoms with Crippen molar-refractivity contribution in [3.05, 3.63) is 109 Å². The van der Waals surface area contributed by atoms with Crippen molar-refractivity contribution in [3.8, 4) is 45.4 Å². The van der Waals surface area contributed by atoms with Crippen molar-refractivity contribution in [2.75, 3.05) is 13.2 Å². The van der Waals surface area contributed by atoms with Crippen molar-refractivity contribution in [2.24, 2.45) is 17.6 Å². The number of nitrogens with zero attached hydrogens (tertiary/aromatic N) is 8. The SMILES string of the molecule is Cc1cccc(F)c1-n1cc(-c2nc(C(C)NC3CCC(COc4cncnc4-c4cnn(-c5ccccc5F)c4)CC3)ncc2OCC2CCC(N)CC2)cn1. The topological polar surface area (TPSA) is 144 Å². The smallest absolute Gasteiger partial charge is 0.164 e. The number of benzene rings is 2. The van der Waals surface area contributed by atoms with E-state index >= 15 is 0 Å². The molecule has 1 atom stereocenters. The molecule has 2 aromatic carbocycles. The highest BCUT2D eigenvalue weighted by Gasteiger charge is 2.26. The van der Waals surface area contributed by atoms with Crippen molar-refractivity contribution in [2.45, 2.75) is 83.3 Å². The largest absolute Gasteiger partial charge is 0.489 e. The highest BCUT2D eigenvalue weighted by atomic mass is 19.1. The average molecular weight is 775 g/mol. The number of nitrogens with two attached hydrogens (primary N) is 1. The molecule has 2 aliphatic rings. The van der Waals surface area contributed by atoms with Crippen LogP contribution in [0.15, 0.2) is 86.0 Å². The van der Waals surface area contributed by atoms with Gasteiger partial charge in [0.05, 0.1) is 44.0 Å². The summed E-state index contributed by atoms with van der Waals surface area (Å²) in [4.78, 5) is 18.5. The molecule has 0 amide bonds. The van der Waals surface area contributed by atoms with Crippen LogP contribution in [0.4, 0.5) is 8.78 Å². The van der Waals surface area contributed by atoms with E-state index in [4.69, 9.17) is 25.2 Å². The van der Waals surface area contributed by atoms with Gasteiger partial charge in [0.25, 0.3) is 0 Å². The Labute approximate surface area is 330 Å². The van der Waals surface area contributed by atoms with Gasteiger partial charge in [-0.3, -0.25) is 0 Å². The fourth-order valence-electron chi connectivity index (χ4n) is 7.93. The third-order valence-corrected chi connectivity index (χ3v) is 11.2. The summed E-state index contributed by atoms with van der Waals surface area (Å²) < 4.78 is 45.1. The van der Waals surface area contributed by atoms with Crippen LogP contribution in [0, 0.1) is 30.4 Å². The maximum absolute atomic E-state index is 14.9. The Hall–Kier alpha value is -5.60. The number of rotatable bonds is 13. The number of hydrogen-bond donors (Lipinski definition) is 2. The molecule has 0 radical (unpaired) electrons. The number of aromatic nitrogens is 8. The molecule has 0 aliphatic heterocycles. The van der Waals surface area contributed by atoms with Crippen molar-refractivity contribution in [3.63, 3.8) is 0 Å². The molecule has 1 unspecified atom stereocenters. The number of para-hydroxylation sites is 2. The van der Waals surface area contributed by atoms with Crippen LogP contribution in [0.3, 0.4) is 0 Å². The molecule has 3 N–H and O–H groups in total. The van der Waals surface area contributed by atoms with Crippen LogP contribution in [0.5, 0.6) is 11.5 Å². The average Bonchev–Trinajstić information content (AvgIpc) is 3.92. The first-order valence-electron chi connectivity index (χ1n) is 19.8. The Morgan fingerprint density at radius 3 is 2.14 bits per heavy atom. The first kappa shape index (κ1) is 38.3. The zero-order valence-electron chi connectivity index (χ0n) is 32.3. The number of ether oxygens (including phenoxy) is 2. The van der Waals surface area contributed by atoms with Gasteiger partial charge >= 0.3 is 0 Å². The van der Waals surface area contributed by atoms with E-state index in [1.165, 1.54) is 23.1 Å². The summed E-state index contributed by atoms with van der Waals surface area (Å²) in [6, 6.07) is 11.9. The number of halogens is 2. The van der Waals surface area contributed by atoms with Crippen molar-refractivity contribution < 1.29 is 18.3 Å². The van der Waals surface area contributed by atoms with Gasteiger partial charge in [-0.1, -0.05) is 24.3 Å². The normalized spacial score (nSPS) is 20.3. The summed E-state index contributed by atoms with van der Waals surface area (Å²) >= 11 is 0. The zero-order chi connectivity index (χ0) is 39.3. The molecule has 4 heterocycles. The Morgan fingerprint density at radius 2 is 1.40 bits per heavy atom. The predicted octanol–water partition coefficient (Wildman–Crippen LogP) is 7.74. The van der Waals surface area contributed by atoms with E-state index in [0.717, 1.165) is 62.5 Å². The third kappa shape index (κ3) is 8.87. The van der Waals surface area contributed by atoms with Crippen molar-refractivity contribution >= 4 is 0 Å². The first-order valence-corrected chi connectivity index (χ1v) is 19.8. The van der Waals surface area contributed by atoms with Gasteiger partial charge in [-0.05, 0) is 101 Å². The van der Waals surface area contributed by atoms with Gasteiger partial charge in [-0.2, -0.15) is 10.2 Å². The Morgan fingerprint density at radius 1 is 0.754 bits per heavy atom. The molecule has 0 spiro atoms. The number of aryl methyl sites for hydroxylation is 1. The number of nitrogens with one attached hydrogen (secondary N) is 1. The van der Waals surface area contributed by atoms with Gasteiger partial charge in [0.2, 0.25) is 0 Å². The maximum Gasteiger partial charge on any atom is 0.164 e. The highest BCUT2D eigenvalue weighted by molar-refractivity contribution is 5.66. The lowest BCUT2D eigenvalue weighted by molar-refractivity contribution is 0.187. The molecule has 4 aromatic heterocycles. The van der Waals surface area contributed by atoms with E-state index < -0.39 is 0 Å². The van der Waals surface area contributed by atoms with Crippen LogP contribution in [-0.4, -0.2) is 64.8 Å². The standard InChI is InChI=1S/C43H48F2N10O2/c1-27-6-5-8-36(45)42(27)55-23-32(19-51-55)41-39(57-24-29-10-14-33(46)15-11-29)21-48-43(53-41)28(2)52-34-16-12-30(13-17-34)25-56-38-20-47-26-49-40(38)31-18-50-54(22-31)37-9-4-3-7-35(37)44/h3-9,18-23,26,28-30,33-34,52H,10-17,24-25,46H2,1-2H3. The van der Waals surface area contributed by atoms with Crippen LogP contribution in [0.1, 0.15) is 75.7 Å². The molecule has 296 valence electrons. The first-order chi connectivity index (χ1) is 27.8. The van der Waals surface area contributed by atoms with Crippen molar-refractivity contribution in [1.82, 2.24) is 44.8 Å². The Balaban J connectivity index is 0.907. The quantitative estimate of drug-likeness (QED) is 0.120. The summed E-state index contributed by atoms with van der Waals surface area (Å²) in [5.41, 5.74) is 10.4. The Bertz CT molecular complexity index is 2260. The fraction of sp³-hybridized carbons (Fsp3) is 0.395. The second-order valence-electron chi connectivity index (χ2n) is 15.4. The predicted molar refractivity (Wildman–Crippen MR) is 212 cm³/mol. The molecular formula is C43H48F2N10O2. The van der Waals surface area contributed by atoms with Crippen LogP contribution in [0.2, 0.25) is 0 Å². The van der Waals surface area contributed by atoms with E-state index in [-0.39, 0.29) is 29.8 Å². The van der Waals surface area contributed by atoms with Gasteiger partial charge < -0.3 is 20.5 Å². The minimum Gasteiger partial charge on any atom is -0.489 e. The lowest BCUT2D eigenvalue weighted by atomic mass is 9.86. The molecule has 2 aliphatic carbocycles. The second kappa shape index (κ2) is 17.3. The molecular weight excluding hydrogens is 727 g/mol. The molecule has 14 heteroatoms. The molecule has 57 heavy (non-hydrogen) atoms. The van der Waals surface area contributed by atoms with E-state index in [0.29, 0.717) is 70.7 Å². The summed E-state index contributed by atoms with van der Waals surface area (Å²) in [6.45, 7) is 5.04. The summed E-state index contributed by atoms with van der Waals surface area (Å²) in [6.07, 6.45) is 19.8.